The highest BCUT2D eigenvalue weighted by Gasteiger charge is 2.25. The lowest BCUT2D eigenvalue weighted by atomic mass is 9.96. The Morgan fingerprint density at radius 3 is 3.05 bits per heavy atom. The minimum absolute atomic E-state index is 0.0988. The fourth-order valence-corrected chi connectivity index (χ4v) is 2.23. The Hall–Kier alpha value is -2.12. The van der Waals surface area contributed by atoms with Crippen LogP contribution in [0.25, 0.3) is 6.08 Å². The van der Waals surface area contributed by atoms with E-state index in [1.54, 1.807) is 29.2 Å². The van der Waals surface area contributed by atoms with Crippen molar-refractivity contribution in [2.24, 2.45) is 5.92 Å². The number of nitriles is 1. The van der Waals surface area contributed by atoms with Gasteiger partial charge in [-0.25, -0.2) is 0 Å². The maximum Gasteiger partial charge on any atom is 0.246 e. The third-order valence-corrected chi connectivity index (χ3v) is 3.66. The molecule has 104 valence electrons. The molecule has 1 aliphatic rings. The van der Waals surface area contributed by atoms with Crippen LogP contribution in [0.5, 0.6) is 0 Å². The van der Waals surface area contributed by atoms with Crippen molar-refractivity contribution in [2.75, 3.05) is 13.1 Å². The third kappa shape index (κ3) is 3.46. The molecular formula is C16H18N2O2. The summed E-state index contributed by atoms with van der Waals surface area (Å²) in [6.07, 6.45) is 3.58. The molecule has 1 heterocycles. The Kier molecular flexibility index (Phi) is 4.54. The van der Waals surface area contributed by atoms with Crippen molar-refractivity contribution in [3.63, 3.8) is 0 Å². The van der Waals surface area contributed by atoms with E-state index < -0.39 is 6.10 Å². The number of likely N-dealkylation sites (tertiary alicyclic amines) is 1. The molecular weight excluding hydrogens is 252 g/mol. The minimum Gasteiger partial charge on any atom is -0.391 e. The van der Waals surface area contributed by atoms with Gasteiger partial charge in [-0.3, -0.25) is 4.79 Å². The SMILES string of the molecule is CC1CCN(C(=O)/C=C/c2cccc(C#N)c2)CC1O. The van der Waals surface area contributed by atoms with Crippen molar-refractivity contribution in [1.29, 1.82) is 5.26 Å². The first-order valence-electron chi connectivity index (χ1n) is 6.75. The zero-order valence-corrected chi connectivity index (χ0v) is 11.5. The molecule has 0 bridgehead atoms. The molecule has 0 aliphatic carbocycles. The summed E-state index contributed by atoms with van der Waals surface area (Å²) < 4.78 is 0. The number of carbonyl (C=O) groups is 1. The Morgan fingerprint density at radius 1 is 1.55 bits per heavy atom. The zero-order chi connectivity index (χ0) is 14.5. The highest BCUT2D eigenvalue weighted by Crippen LogP contribution is 2.17. The van der Waals surface area contributed by atoms with Gasteiger partial charge in [0, 0.05) is 19.2 Å². The number of aliphatic hydroxyl groups is 1. The quantitative estimate of drug-likeness (QED) is 0.833. The van der Waals surface area contributed by atoms with Crippen molar-refractivity contribution in [3.8, 4) is 6.07 Å². The number of hydrogen-bond acceptors (Lipinski definition) is 3. The summed E-state index contributed by atoms with van der Waals surface area (Å²) in [7, 11) is 0. The van der Waals surface area contributed by atoms with E-state index >= 15 is 0 Å². The van der Waals surface area contributed by atoms with Gasteiger partial charge in [0.05, 0.1) is 17.7 Å². The molecule has 1 saturated heterocycles. The maximum absolute atomic E-state index is 12.0. The van der Waals surface area contributed by atoms with Crippen molar-refractivity contribution in [3.05, 3.63) is 41.5 Å². The Labute approximate surface area is 118 Å². The number of benzene rings is 1. The summed E-state index contributed by atoms with van der Waals surface area (Å²) in [5, 5.41) is 18.6. The van der Waals surface area contributed by atoms with Gasteiger partial charge in [0.2, 0.25) is 5.91 Å². The third-order valence-electron chi connectivity index (χ3n) is 3.66. The van der Waals surface area contributed by atoms with Gasteiger partial charge < -0.3 is 10.0 Å². The van der Waals surface area contributed by atoms with Crippen LogP contribution in [0.4, 0.5) is 0 Å². The molecule has 20 heavy (non-hydrogen) atoms. The molecule has 0 saturated carbocycles. The average molecular weight is 270 g/mol. The van der Waals surface area contributed by atoms with Crippen molar-refractivity contribution >= 4 is 12.0 Å². The normalized spacial score (nSPS) is 22.8. The monoisotopic (exact) mass is 270 g/mol. The van der Waals surface area contributed by atoms with E-state index in [0.29, 0.717) is 18.7 Å². The Morgan fingerprint density at radius 2 is 2.35 bits per heavy atom. The van der Waals surface area contributed by atoms with Gasteiger partial charge in [-0.2, -0.15) is 5.26 Å². The smallest absolute Gasteiger partial charge is 0.246 e. The summed E-state index contributed by atoms with van der Waals surface area (Å²) >= 11 is 0. The van der Waals surface area contributed by atoms with Gasteiger partial charge >= 0.3 is 0 Å². The number of piperidine rings is 1. The van der Waals surface area contributed by atoms with E-state index in [0.717, 1.165) is 12.0 Å². The topological polar surface area (TPSA) is 64.3 Å². The highest BCUT2D eigenvalue weighted by atomic mass is 16.3. The van der Waals surface area contributed by atoms with Crippen LogP contribution in [-0.4, -0.2) is 35.1 Å². The molecule has 2 rings (SSSR count). The van der Waals surface area contributed by atoms with Gasteiger partial charge in [0.15, 0.2) is 0 Å². The first-order valence-corrected chi connectivity index (χ1v) is 6.75. The number of nitrogens with zero attached hydrogens (tertiary/aromatic N) is 2. The molecule has 1 aromatic carbocycles. The lowest BCUT2D eigenvalue weighted by molar-refractivity contribution is -0.130. The van der Waals surface area contributed by atoms with E-state index in [1.807, 2.05) is 13.0 Å². The van der Waals surface area contributed by atoms with Gasteiger partial charge in [-0.1, -0.05) is 19.1 Å². The lowest BCUT2D eigenvalue weighted by Crippen LogP contribution is -2.45. The van der Waals surface area contributed by atoms with Crippen molar-refractivity contribution in [2.45, 2.75) is 19.4 Å². The van der Waals surface area contributed by atoms with E-state index in [-0.39, 0.29) is 11.8 Å². The number of aliphatic hydroxyl groups excluding tert-OH is 1. The fraction of sp³-hybridized carbons (Fsp3) is 0.375. The Bertz CT molecular complexity index is 560. The summed E-state index contributed by atoms with van der Waals surface area (Å²) in [5.74, 6) is 0.147. The molecule has 4 nitrogen and oxygen atoms in total. The highest BCUT2D eigenvalue weighted by molar-refractivity contribution is 5.91. The molecule has 0 radical (unpaired) electrons. The zero-order valence-electron chi connectivity index (χ0n) is 11.5. The standard InChI is InChI=1S/C16H18N2O2/c1-12-7-8-18(11-15(12)19)16(20)6-5-13-3-2-4-14(9-13)10-17/h2-6,9,12,15,19H,7-8,11H2,1H3/b6-5+. The van der Waals surface area contributed by atoms with Gasteiger partial charge in [0.1, 0.15) is 0 Å². The van der Waals surface area contributed by atoms with Crippen LogP contribution in [0, 0.1) is 17.2 Å². The molecule has 1 aliphatic heterocycles. The second-order valence-electron chi connectivity index (χ2n) is 5.19. The van der Waals surface area contributed by atoms with Crippen LogP contribution in [0.15, 0.2) is 30.3 Å². The summed E-state index contributed by atoms with van der Waals surface area (Å²) in [4.78, 5) is 13.7. The predicted octanol–water partition coefficient (Wildman–Crippen LogP) is 1.80. The van der Waals surface area contributed by atoms with E-state index in [1.165, 1.54) is 6.08 Å². The molecule has 0 spiro atoms. The maximum atomic E-state index is 12.0. The van der Waals surface area contributed by atoms with Gasteiger partial charge in [-0.05, 0) is 36.1 Å². The number of hydrogen-bond donors (Lipinski definition) is 1. The van der Waals surface area contributed by atoms with Crippen molar-refractivity contribution in [1.82, 2.24) is 4.90 Å². The van der Waals surface area contributed by atoms with E-state index in [2.05, 4.69) is 6.07 Å². The second-order valence-corrected chi connectivity index (χ2v) is 5.19. The molecule has 2 atom stereocenters. The summed E-state index contributed by atoms with van der Waals surface area (Å²) in [5.41, 5.74) is 1.39. The molecule has 4 heteroatoms. The molecule has 2 unspecified atom stereocenters. The van der Waals surface area contributed by atoms with Crippen LogP contribution in [-0.2, 0) is 4.79 Å². The van der Waals surface area contributed by atoms with E-state index in [9.17, 15) is 9.90 Å². The lowest BCUT2D eigenvalue weighted by Gasteiger charge is -2.33. The second kappa shape index (κ2) is 6.36. The largest absolute Gasteiger partial charge is 0.391 e. The van der Waals surface area contributed by atoms with Crippen LogP contribution in [0.1, 0.15) is 24.5 Å². The summed E-state index contributed by atoms with van der Waals surface area (Å²) in [6, 6.07) is 9.16. The molecule has 1 N–H and O–H groups in total. The number of β-amino-alcohol motifs (C(OH)–C–C–N with tert-alkyl or cyclic N) is 1. The van der Waals surface area contributed by atoms with Gasteiger partial charge in [-0.15, -0.1) is 0 Å². The van der Waals surface area contributed by atoms with Crippen LogP contribution >= 0.6 is 0 Å². The molecule has 1 fully saturated rings. The average Bonchev–Trinajstić information content (AvgIpc) is 2.47. The van der Waals surface area contributed by atoms with E-state index in [4.69, 9.17) is 5.26 Å². The number of amides is 1. The first-order chi connectivity index (χ1) is 9.60. The minimum atomic E-state index is -0.442. The molecule has 1 amide bonds. The fourth-order valence-electron chi connectivity index (χ4n) is 2.23. The number of rotatable bonds is 2. The van der Waals surface area contributed by atoms with Crippen LogP contribution in [0.3, 0.4) is 0 Å². The Balaban J connectivity index is 2.00. The van der Waals surface area contributed by atoms with Crippen LogP contribution in [0.2, 0.25) is 0 Å². The first kappa shape index (κ1) is 14.3. The number of carbonyl (C=O) groups excluding carboxylic acids is 1. The summed E-state index contributed by atoms with van der Waals surface area (Å²) in [6.45, 7) is 3.07. The molecule has 1 aromatic rings. The van der Waals surface area contributed by atoms with Gasteiger partial charge in [0.25, 0.3) is 0 Å². The van der Waals surface area contributed by atoms with Crippen molar-refractivity contribution < 1.29 is 9.90 Å². The van der Waals surface area contributed by atoms with Crippen LogP contribution < -0.4 is 0 Å². The predicted molar refractivity (Wildman–Crippen MR) is 76.6 cm³/mol. The molecule has 0 aromatic heterocycles.